The molecule has 3 aromatic rings. The Bertz CT molecular complexity index is 1810. The summed E-state index contributed by atoms with van der Waals surface area (Å²) >= 11 is 0. The number of rotatable bonds is 11. The summed E-state index contributed by atoms with van der Waals surface area (Å²) in [5.74, 6) is -0.161. The zero-order valence-electron chi connectivity index (χ0n) is 30.8. The van der Waals surface area contributed by atoms with Gasteiger partial charge in [0.1, 0.15) is 12.4 Å². The van der Waals surface area contributed by atoms with E-state index in [2.05, 4.69) is 86.6 Å². The number of nitrogens with zero attached hydrogens (tertiary/aromatic N) is 6. The van der Waals surface area contributed by atoms with Crippen LogP contribution in [0.1, 0.15) is 91.2 Å². The van der Waals surface area contributed by atoms with Crippen LogP contribution < -0.4 is 10.2 Å². The maximum atomic E-state index is 13.4. The van der Waals surface area contributed by atoms with Crippen molar-refractivity contribution in [3.05, 3.63) is 89.0 Å². The molecule has 52 heavy (non-hydrogen) atoms. The summed E-state index contributed by atoms with van der Waals surface area (Å²) in [6.45, 7) is 11.2. The molecule has 4 heterocycles. The Morgan fingerprint density at radius 1 is 0.846 bits per heavy atom. The Balaban J connectivity index is 0.967. The lowest BCUT2D eigenvalue weighted by atomic mass is 9.85. The molecule has 11 nitrogen and oxygen atoms in total. The van der Waals surface area contributed by atoms with Gasteiger partial charge in [-0.3, -0.25) is 14.5 Å². The number of anilines is 1. The lowest BCUT2D eigenvalue weighted by molar-refractivity contribution is -0.124. The number of hydrogen-bond acceptors (Lipinski definition) is 8. The van der Waals surface area contributed by atoms with E-state index in [1.54, 1.807) is 0 Å². The summed E-state index contributed by atoms with van der Waals surface area (Å²) in [4.78, 5) is 42.3. The minimum Gasteiger partial charge on any atom is -0.364 e. The molecule has 4 fully saturated rings. The van der Waals surface area contributed by atoms with E-state index in [1.165, 1.54) is 16.2 Å². The number of benzene rings is 2. The smallest absolute Gasteiger partial charge is 0.257 e. The number of carbonyl (C=O) groups is 2. The molecule has 1 aromatic heterocycles. The monoisotopic (exact) mass is 727 g/mol. The summed E-state index contributed by atoms with van der Waals surface area (Å²) in [5, 5.41) is 2.72. The van der Waals surface area contributed by atoms with Crippen LogP contribution in [-0.4, -0.2) is 99.9 Å². The van der Waals surface area contributed by atoms with Crippen LogP contribution in [0.2, 0.25) is 0 Å². The van der Waals surface area contributed by atoms with Crippen molar-refractivity contribution in [2.45, 2.75) is 108 Å². The first-order chi connectivity index (χ1) is 25.0. The second-order valence-corrected chi connectivity index (χ2v) is 17.6. The van der Waals surface area contributed by atoms with Crippen molar-refractivity contribution in [3.63, 3.8) is 0 Å². The SMILES string of the molecule is Cc1ncnc(C)c1C(=O)N1CCC(C)(N2CCC(N(Cc3ccccc3)c3ccc(CNC(=O)[C@@H]4CCCN4S(=O)(=O)C4CC4)cc3)CC2)CC1. The third kappa shape index (κ3) is 7.75. The molecular formula is C40H53N7O4S. The Labute approximate surface area is 308 Å². The lowest BCUT2D eigenvalue weighted by Crippen LogP contribution is -2.58. The summed E-state index contributed by atoms with van der Waals surface area (Å²) in [6, 6.07) is 18.8. The molecule has 4 aliphatic rings. The maximum Gasteiger partial charge on any atom is 0.257 e. The number of nitrogens with one attached hydrogen (secondary N) is 1. The molecule has 7 rings (SSSR count). The fourth-order valence-corrected chi connectivity index (χ4v) is 10.5. The van der Waals surface area contributed by atoms with Gasteiger partial charge < -0.3 is 15.1 Å². The van der Waals surface area contributed by atoms with Crippen LogP contribution >= 0.6 is 0 Å². The lowest BCUT2D eigenvalue weighted by Gasteiger charge is -2.50. The van der Waals surface area contributed by atoms with Gasteiger partial charge in [-0.15, -0.1) is 0 Å². The Hall–Kier alpha value is -3.87. The van der Waals surface area contributed by atoms with Gasteiger partial charge in [0, 0.05) is 63.1 Å². The first-order valence-corrected chi connectivity index (χ1v) is 20.5. The zero-order valence-corrected chi connectivity index (χ0v) is 31.7. The van der Waals surface area contributed by atoms with E-state index >= 15 is 0 Å². The second kappa shape index (κ2) is 15.2. The molecule has 1 atom stereocenters. The third-order valence-electron chi connectivity index (χ3n) is 11.9. The number of amides is 2. The minimum atomic E-state index is -3.38. The van der Waals surface area contributed by atoms with Gasteiger partial charge in [-0.1, -0.05) is 42.5 Å². The fraction of sp³-hybridized carbons (Fsp3) is 0.550. The number of likely N-dealkylation sites (tertiary alicyclic amines) is 2. The van der Waals surface area contributed by atoms with Gasteiger partial charge in [-0.2, -0.15) is 4.31 Å². The Morgan fingerprint density at radius 2 is 1.50 bits per heavy atom. The van der Waals surface area contributed by atoms with E-state index in [0.29, 0.717) is 44.0 Å². The molecule has 0 unspecified atom stereocenters. The molecule has 3 aliphatic heterocycles. The molecule has 278 valence electrons. The number of aryl methyl sites for hydroxylation is 2. The molecule has 12 heteroatoms. The van der Waals surface area contributed by atoms with Crippen LogP contribution in [0.4, 0.5) is 5.69 Å². The van der Waals surface area contributed by atoms with Crippen LogP contribution in [0, 0.1) is 13.8 Å². The number of aromatic nitrogens is 2. The minimum absolute atomic E-state index is 0.0427. The molecule has 3 saturated heterocycles. The number of hydrogen-bond donors (Lipinski definition) is 1. The number of piperidine rings is 2. The third-order valence-corrected chi connectivity index (χ3v) is 14.4. The first-order valence-electron chi connectivity index (χ1n) is 19.0. The Kier molecular flexibility index (Phi) is 10.7. The highest BCUT2D eigenvalue weighted by molar-refractivity contribution is 7.90. The van der Waals surface area contributed by atoms with E-state index < -0.39 is 16.1 Å². The topological polar surface area (TPSA) is 119 Å². The summed E-state index contributed by atoms with van der Waals surface area (Å²) in [6.07, 6.45) is 8.19. The quantitative estimate of drug-likeness (QED) is 0.299. The molecule has 1 aliphatic carbocycles. The van der Waals surface area contributed by atoms with E-state index in [9.17, 15) is 18.0 Å². The van der Waals surface area contributed by atoms with Crippen molar-refractivity contribution >= 4 is 27.5 Å². The summed E-state index contributed by atoms with van der Waals surface area (Å²) in [7, 11) is -3.38. The van der Waals surface area contributed by atoms with Crippen molar-refractivity contribution in [2.75, 3.05) is 37.6 Å². The van der Waals surface area contributed by atoms with Crippen LogP contribution in [-0.2, 0) is 27.9 Å². The molecule has 0 spiro atoms. The van der Waals surface area contributed by atoms with Crippen molar-refractivity contribution in [1.29, 1.82) is 0 Å². The van der Waals surface area contributed by atoms with Crippen LogP contribution in [0.5, 0.6) is 0 Å². The van der Waals surface area contributed by atoms with Crippen molar-refractivity contribution in [1.82, 2.24) is 29.4 Å². The van der Waals surface area contributed by atoms with Crippen LogP contribution in [0.3, 0.4) is 0 Å². The summed E-state index contributed by atoms with van der Waals surface area (Å²) < 4.78 is 27.2. The molecule has 1 N–H and O–H groups in total. The highest BCUT2D eigenvalue weighted by atomic mass is 32.2. The van der Waals surface area contributed by atoms with E-state index in [-0.39, 0.29) is 22.6 Å². The highest BCUT2D eigenvalue weighted by Crippen LogP contribution is 2.36. The number of carbonyl (C=O) groups excluding carboxylic acids is 2. The van der Waals surface area contributed by atoms with E-state index in [0.717, 1.165) is 87.5 Å². The van der Waals surface area contributed by atoms with Gasteiger partial charge in [0.15, 0.2) is 0 Å². The van der Waals surface area contributed by atoms with E-state index in [4.69, 9.17) is 0 Å². The predicted octanol–water partition coefficient (Wildman–Crippen LogP) is 4.83. The van der Waals surface area contributed by atoms with Crippen LogP contribution in [0.15, 0.2) is 60.9 Å². The van der Waals surface area contributed by atoms with Gasteiger partial charge in [-0.25, -0.2) is 18.4 Å². The zero-order chi connectivity index (χ0) is 36.5. The van der Waals surface area contributed by atoms with Gasteiger partial charge in [0.2, 0.25) is 15.9 Å². The molecule has 0 radical (unpaired) electrons. The highest BCUT2D eigenvalue weighted by Gasteiger charge is 2.46. The average Bonchev–Trinajstić information content (AvgIpc) is 3.90. The van der Waals surface area contributed by atoms with Crippen LogP contribution in [0.25, 0.3) is 0 Å². The van der Waals surface area contributed by atoms with Crippen molar-refractivity contribution in [2.24, 2.45) is 0 Å². The molecule has 0 bridgehead atoms. The second-order valence-electron chi connectivity index (χ2n) is 15.4. The summed E-state index contributed by atoms with van der Waals surface area (Å²) in [5.41, 5.74) is 5.58. The van der Waals surface area contributed by atoms with Gasteiger partial charge in [0.05, 0.1) is 22.2 Å². The number of sulfonamides is 1. The predicted molar refractivity (Wildman–Crippen MR) is 202 cm³/mol. The van der Waals surface area contributed by atoms with Gasteiger partial charge >= 0.3 is 0 Å². The Morgan fingerprint density at radius 3 is 2.13 bits per heavy atom. The molecule has 1 saturated carbocycles. The van der Waals surface area contributed by atoms with Crippen molar-refractivity contribution < 1.29 is 18.0 Å². The molecule has 2 aromatic carbocycles. The maximum absolute atomic E-state index is 13.4. The van der Waals surface area contributed by atoms with Gasteiger partial charge in [0.25, 0.3) is 5.91 Å². The standard InChI is InChI=1S/C40H53N7O4S/c1-29-37(30(2)43-28-42-29)39(49)44-24-19-40(3,20-25-44)45-22-17-34(18-23-45)46(27-32-8-5-4-6-9-32)33-13-11-31(12-14-33)26-41-38(48)36-10-7-21-47(36)52(50,51)35-15-16-35/h4-6,8-9,11-14,28,34-36H,7,10,15-27H2,1-3H3,(H,41,48)/t36-/m0/s1. The van der Waals surface area contributed by atoms with E-state index in [1.807, 2.05) is 18.7 Å². The molecule has 2 amide bonds. The van der Waals surface area contributed by atoms with Crippen molar-refractivity contribution in [3.8, 4) is 0 Å². The fourth-order valence-electron chi connectivity index (χ4n) is 8.47. The normalized spacial score (nSPS) is 21.6. The molecular weight excluding hydrogens is 675 g/mol. The first kappa shape index (κ1) is 36.5. The largest absolute Gasteiger partial charge is 0.364 e. The average molecular weight is 728 g/mol. The van der Waals surface area contributed by atoms with Gasteiger partial charge in [-0.05, 0) is 95.4 Å².